The Morgan fingerprint density at radius 2 is 1.90 bits per heavy atom. The van der Waals surface area contributed by atoms with Crippen molar-refractivity contribution in [2.75, 3.05) is 38.0 Å². The van der Waals surface area contributed by atoms with E-state index >= 15 is 0 Å². The van der Waals surface area contributed by atoms with Crippen molar-refractivity contribution < 1.29 is 4.79 Å². The lowest BCUT2D eigenvalue weighted by atomic mass is 10.0. The van der Waals surface area contributed by atoms with Gasteiger partial charge in [-0.05, 0) is 17.9 Å². The summed E-state index contributed by atoms with van der Waals surface area (Å²) in [5, 5.41) is 7.13. The third-order valence-electron chi connectivity index (χ3n) is 5.48. The quantitative estimate of drug-likeness (QED) is 0.629. The van der Waals surface area contributed by atoms with Crippen LogP contribution in [0.25, 0.3) is 0 Å². The molecule has 1 atom stereocenters. The maximum Gasteiger partial charge on any atom is 0.239 e. The second-order valence-electron chi connectivity index (χ2n) is 8.15. The number of rotatable bonds is 7. The van der Waals surface area contributed by atoms with Crippen molar-refractivity contribution in [3.8, 4) is 0 Å². The van der Waals surface area contributed by atoms with Crippen molar-refractivity contribution in [2.24, 2.45) is 13.0 Å². The Morgan fingerprint density at radius 1 is 1.10 bits per heavy atom. The molecule has 8 heteroatoms. The molecule has 1 fully saturated rings. The van der Waals surface area contributed by atoms with Crippen molar-refractivity contribution in [3.63, 3.8) is 0 Å². The third kappa shape index (κ3) is 6.44. The molecule has 162 valence electrons. The molecule has 1 amide bonds. The average molecular weight is 420 g/mol. The first-order valence-electron chi connectivity index (χ1n) is 10.7. The summed E-state index contributed by atoms with van der Waals surface area (Å²) in [7, 11) is 1.84. The largest absolute Gasteiger partial charge is 0.308 e. The molecule has 1 unspecified atom stereocenters. The minimum Gasteiger partial charge on any atom is -0.308 e. The highest BCUT2D eigenvalue weighted by Crippen LogP contribution is 2.16. The van der Waals surface area contributed by atoms with Gasteiger partial charge in [-0.1, -0.05) is 30.3 Å². The van der Waals surface area contributed by atoms with E-state index in [1.807, 2.05) is 25.5 Å². The zero-order valence-electron chi connectivity index (χ0n) is 17.9. The summed E-state index contributed by atoms with van der Waals surface area (Å²) >= 11 is 0. The fraction of sp³-hybridized carbons (Fsp3) is 0.391. The number of anilines is 1. The molecule has 4 rings (SSSR count). The summed E-state index contributed by atoms with van der Waals surface area (Å²) in [5.41, 5.74) is 2.30. The summed E-state index contributed by atoms with van der Waals surface area (Å²) in [6.07, 6.45) is 7.94. The zero-order valence-corrected chi connectivity index (χ0v) is 17.9. The molecule has 3 aromatic rings. The standard InChI is InChI=1S/C23H29N7O/c1-28-10-7-22(27-28)26-23(31)18-30-12-11-29(15-19-5-3-2-4-6-19)16-20(17-30)13-21-14-24-8-9-25-21/h2-10,14,20H,11-13,15-18H2,1H3,(H,26,27,31). The smallest absolute Gasteiger partial charge is 0.239 e. The molecule has 1 aromatic carbocycles. The number of nitrogens with zero attached hydrogens (tertiary/aromatic N) is 6. The molecule has 3 heterocycles. The summed E-state index contributed by atoms with van der Waals surface area (Å²) in [6.45, 7) is 4.84. The van der Waals surface area contributed by atoms with E-state index in [-0.39, 0.29) is 5.91 Å². The molecular formula is C23H29N7O. The molecule has 1 saturated heterocycles. The zero-order chi connectivity index (χ0) is 21.5. The van der Waals surface area contributed by atoms with E-state index in [9.17, 15) is 4.79 Å². The highest BCUT2D eigenvalue weighted by atomic mass is 16.2. The van der Waals surface area contributed by atoms with Gasteiger partial charge >= 0.3 is 0 Å². The van der Waals surface area contributed by atoms with Crippen LogP contribution in [0.5, 0.6) is 0 Å². The van der Waals surface area contributed by atoms with Crippen molar-refractivity contribution in [3.05, 3.63) is 72.4 Å². The molecule has 31 heavy (non-hydrogen) atoms. The summed E-state index contributed by atoms with van der Waals surface area (Å²) in [6, 6.07) is 12.3. The minimum absolute atomic E-state index is 0.0338. The van der Waals surface area contributed by atoms with Crippen LogP contribution in [0.2, 0.25) is 0 Å². The minimum atomic E-state index is -0.0338. The number of hydrogen-bond donors (Lipinski definition) is 1. The normalized spacial score (nSPS) is 17.9. The topological polar surface area (TPSA) is 79.2 Å². The molecule has 1 N–H and O–H groups in total. The number of amides is 1. The second kappa shape index (κ2) is 10.3. The lowest BCUT2D eigenvalue weighted by Crippen LogP contribution is -2.37. The number of carbonyl (C=O) groups is 1. The molecule has 2 aromatic heterocycles. The number of aromatic nitrogens is 4. The van der Waals surface area contributed by atoms with Gasteiger partial charge in [-0.2, -0.15) is 5.10 Å². The first kappa shape index (κ1) is 21.1. The van der Waals surface area contributed by atoms with E-state index in [4.69, 9.17) is 0 Å². The number of carbonyl (C=O) groups excluding carboxylic acids is 1. The van der Waals surface area contributed by atoms with E-state index < -0.39 is 0 Å². The van der Waals surface area contributed by atoms with E-state index in [2.05, 4.69) is 54.4 Å². The number of benzene rings is 1. The summed E-state index contributed by atoms with van der Waals surface area (Å²) in [5.74, 6) is 0.920. The Balaban J connectivity index is 1.41. The molecule has 1 aliphatic rings. The van der Waals surface area contributed by atoms with Crippen LogP contribution in [0.15, 0.2) is 61.2 Å². The van der Waals surface area contributed by atoms with Crippen LogP contribution < -0.4 is 5.32 Å². The van der Waals surface area contributed by atoms with Crippen LogP contribution in [0.4, 0.5) is 5.82 Å². The van der Waals surface area contributed by atoms with Crippen molar-refractivity contribution in [2.45, 2.75) is 13.0 Å². The van der Waals surface area contributed by atoms with Gasteiger partial charge in [0.15, 0.2) is 5.82 Å². The van der Waals surface area contributed by atoms with Crippen LogP contribution in [-0.2, 0) is 24.8 Å². The fourth-order valence-electron chi connectivity index (χ4n) is 4.11. The Bertz CT molecular complexity index is 960. The maximum absolute atomic E-state index is 12.6. The van der Waals surface area contributed by atoms with Gasteiger partial charge < -0.3 is 5.32 Å². The van der Waals surface area contributed by atoms with Crippen LogP contribution in [-0.4, -0.2) is 68.2 Å². The van der Waals surface area contributed by atoms with Crippen LogP contribution in [0.1, 0.15) is 11.3 Å². The van der Waals surface area contributed by atoms with Gasteiger partial charge in [0.05, 0.1) is 12.2 Å². The molecule has 0 bridgehead atoms. The Kier molecular flexibility index (Phi) is 7.01. The Labute approximate surface area is 182 Å². The number of aryl methyl sites for hydroxylation is 1. The molecule has 8 nitrogen and oxygen atoms in total. The highest BCUT2D eigenvalue weighted by Gasteiger charge is 2.25. The second-order valence-corrected chi connectivity index (χ2v) is 8.15. The molecule has 0 radical (unpaired) electrons. The fourth-order valence-corrected chi connectivity index (χ4v) is 4.11. The number of nitrogens with one attached hydrogen (secondary N) is 1. The van der Waals surface area contributed by atoms with Gasteiger partial charge in [-0.3, -0.25) is 29.2 Å². The number of hydrogen-bond acceptors (Lipinski definition) is 6. The SMILES string of the molecule is Cn1ccc(NC(=O)CN2CCN(Cc3ccccc3)CC(Cc3cnccn3)C2)n1. The average Bonchev–Trinajstić information content (AvgIpc) is 3.08. The summed E-state index contributed by atoms with van der Waals surface area (Å²) in [4.78, 5) is 26.0. The Morgan fingerprint density at radius 3 is 2.65 bits per heavy atom. The van der Waals surface area contributed by atoms with Crippen LogP contribution >= 0.6 is 0 Å². The Hall–Kier alpha value is -3.10. The predicted molar refractivity (Wildman–Crippen MR) is 119 cm³/mol. The lowest BCUT2D eigenvalue weighted by molar-refractivity contribution is -0.117. The van der Waals surface area contributed by atoms with Crippen LogP contribution in [0.3, 0.4) is 0 Å². The summed E-state index contributed by atoms with van der Waals surface area (Å²) < 4.78 is 1.68. The lowest BCUT2D eigenvalue weighted by Gasteiger charge is -2.24. The van der Waals surface area contributed by atoms with Gasteiger partial charge in [-0.25, -0.2) is 0 Å². The van der Waals surface area contributed by atoms with Gasteiger partial charge in [-0.15, -0.1) is 0 Å². The predicted octanol–water partition coefficient (Wildman–Crippen LogP) is 1.83. The first-order valence-corrected chi connectivity index (χ1v) is 10.7. The molecule has 0 saturated carbocycles. The van der Waals surface area contributed by atoms with Gasteiger partial charge in [0.2, 0.25) is 5.91 Å². The first-order chi connectivity index (χ1) is 15.1. The van der Waals surface area contributed by atoms with Crippen LogP contribution in [0, 0.1) is 5.92 Å². The molecule has 1 aliphatic heterocycles. The van der Waals surface area contributed by atoms with E-state index in [0.717, 1.165) is 44.8 Å². The van der Waals surface area contributed by atoms with E-state index in [1.165, 1.54) is 5.56 Å². The van der Waals surface area contributed by atoms with Gasteiger partial charge in [0.1, 0.15) is 0 Å². The van der Waals surface area contributed by atoms with Crippen molar-refractivity contribution >= 4 is 11.7 Å². The third-order valence-corrected chi connectivity index (χ3v) is 5.48. The molecule has 0 aliphatic carbocycles. The van der Waals surface area contributed by atoms with Gasteiger partial charge in [0.25, 0.3) is 0 Å². The van der Waals surface area contributed by atoms with E-state index in [0.29, 0.717) is 18.3 Å². The van der Waals surface area contributed by atoms with Gasteiger partial charge in [0, 0.05) is 70.6 Å². The van der Waals surface area contributed by atoms with E-state index in [1.54, 1.807) is 23.1 Å². The monoisotopic (exact) mass is 419 g/mol. The highest BCUT2D eigenvalue weighted by molar-refractivity contribution is 5.91. The maximum atomic E-state index is 12.6. The van der Waals surface area contributed by atoms with Crippen molar-refractivity contribution in [1.82, 2.24) is 29.5 Å². The molecule has 0 spiro atoms. The van der Waals surface area contributed by atoms with Crippen molar-refractivity contribution in [1.29, 1.82) is 0 Å². The molecular weight excluding hydrogens is 390 g/mol.